The third-order valence-electron chi connectivity index (χ3n) is 4.68. The number of benzene rings is 1. The Morgan fingerprint density at radius 2 is 1.92 bits per heavy atom. The van der Waals surface area contributed by atoms with Crippen LogP contribution in [0.2, 0.25) is 0 Å². The average Bonchev–Trinajstić information content (AvgIpc) is 3.13. The van der Waals surface area contributed by atoms with Gasteiger partial charge in [-0.25, -0.2) is 9.97 Å². The van der Waals surface area contributed by atoms with Gasteiger partial charge in [0.25, 0.3) is 0 Å². The first-order valence-electron chi connectivity index (χ1n) is 8.72. The minimum Gasteiger partial charge on any atom is -0.358 e. The molecule has 1 amide bonds. The molecular formula is C19H21N5OS. The van der Waals surface area contributed by atoms with Crippen LogP contribution in [0.5, 0.6) is 0 Å². The van der Waals surface area contributed by atoms with Crippen molar-refractivity contribution in [3.63, 3.8) is 0 Å². The fourth-order valence-corrected chi connectivity index (χ4v) is 4.24. The number of thiophene rings is 1. The number of hydrogen-bond donors (Lipinski definition) is 1. The number of carbonyl (C=O) groups is 1. The quantitative estimate of drug-likeness (QED) is 0.766. The Kier molecular flexibility index (Phi) is 4.81. The van der Waals surface area contributed by atoms with Gasteiger partial charge in [0.1, 0.15) is 17.0 Å². The highest BCUT2D eigenvalue weighted by atomic mass is 32.1. The van der Waals surface area contributed by atoms with Gasteiger partial charge in [-0.3, -0.25) is 9.69 Å². The molecule has 6 nitrogen and oxygen atoms in total. The smallest absolute Gasteiger partial charge is 0.233 e. The van der Waals surface area contributed by atoms with Crippen LogP contribution in [0.25, 0.3) is 20.7 Å². The summed E-state index contributed by atoms with van der Waals surface area (Å²) in [6.07, 6.45) is 1.65. The Bertz CT molecular complexity index is 903. The van der Waals surface area contributed by atoms with E-state index < -0.39 is 0 Å². The fraction of sp³-hybridized carbons (Fsp3) is 0.316. The number of piperazine rings is 1. The molecule has 4 rings (SSSR count). The van der Waals surface area contributed by atoms with Gasteiger partial charge in [-0.2, -0.15) is 0 Å². The molecule has 3 heterocycles. The maximum Gasteiger partial charge on any atom is 0.233 e. The Hall–Kier alpha value is -2.51. The monoisotopic (exact) mass is 367 g/mol. The number of fused-ring (bicyclic) bond motifs is 1. The molecule has 2 aromatic heterocycles. The first-order valence-corrected chi connectivity index (χ1v) is 9.54. The molecule has 1 aliphatic rings. The topological polar surface area (TPSA) is 61.4 Å². The molecule has 7 heteroatoms. The SMILES string of the molecule is CNC(=O)CN1CCN(c2ncnc3sc(-c4ccccc4)cc23)CC1. The second kappa shape index (κ2) is 7.39. The number of anilines is 1. The summed E-state index contributed by atoms with van der Waals surface area (Å²) in [6.45, 7) is 3.89. The standard InChI is InChI=1S/C19H21N5OS/c1-20-17(25)12-23-7-9-24(10-8-23)18-15-11-16(14-5-3-2-4-6-14)26-19(15)22-13-21-18/h2-6,11,13H,7-10,12H2,1H3,(H,20,25). The van der Waals surface area contributed by atoms with Crippen LogP contribution in [0.4, 0.5) is 5.82 Å². The third-order valence-corrected chi connectivity index (χ3v) is 5.78. The molecule has 0 radical (unpaired) electrons. The van der Waals surface area contributed by atoms with E-state index in [9.17, 15) is 4.79 Å². The van der Waals surface area contributed by atoms with Gasteiger partial charge in [0.05, 0.1) is 11.9 Å². The summed E-state index contributed by atoms with van der Waals surface area (Å²) >= 11 is 1.70. The molecule has 0 unspecified atom stereocenters. The Balaban J connectivity index is 1.56. The summed E-state index contributed by atoms with van der Waals surface area (Å²) in [7, 11) is 1.68. The van der Waals surface area contributed by atoms with E-state index in [1.807, 2.05) is 6.07 Å². The van der Waals surface area contributed by atoms with Crippen LogP contribution in [0.3, 0.4) is 0 Å². The summed E-state index contributed by atoms with van der Waals surface area (Å²) in [5.41, 5.74) is 1.21. The molecule has 0 spiro atoms. The van der Waals surface area contributed by atoms with Crippen molar-refractivity contribution < 1.29 is 4.79 Å². The van der Waals surface area contributed by atoms with E-state index in [2.05, 4.69) is 55.4 Å². The van der Waals surface area contributed by atoms with Crippen LogP contribution in [-0.2, 0) is 4.79 Å². The van der Waals surface area contributed by atoms with E-state index in [1.165, 1.54) is 10.4 Å². The molecule has 1 aromatic carbocycles. The molecule has 3 aromatic rings. The highest BCUT2D eigenvalue weighted by Crippen LogP contribution is 2.36. The van der Waals surface area contributed by atoms with E-state index in [1.54, 1.807) is 24.7 Å². The molecule has 1 saturated heterocycles. The second-order valence-electron chi connectivity index (χ2n) is 6.33. The third kappa shape index (κ3) is 3.40. The molecule has 0 saturated carbocycles. The van der Waals surface area contributed by atoms with Gasteiger partial charge in [0, 0.05) is 38.1 Å². The largest absolute Gasteiger partial charge is 0.358 e. The number of amides is 1. The number of hydrogen-bond acceptors (Lipinski definition) is 6. The van der Waals surface area contributed by atoms with Crippen molar-refractivity contribution in [3.05, 3.63) is 42.7 Å². The maximum atomic E-state index is 11.6. The number of nitrogens with one attached hydrogen (secondary N) is 1. The molecule has 1 fully saturated rings. The van der Waals surface area contributed by atoms with E-state index >= 15 is 0 Å². The lowest BCUT2D eigenvalue weighted by atomic mass is 10.2. The van der Waals surface area contributed by atoms with Crippen molar-refractivity contribution >= 4 is 33.3 Å². The first kappa shape index (κ1) is 16.9. The fourth-order valence-electron chi connectivity index (χ4n) is 3.24. The Morgan fingerprint density at radius 3 is 2.65 bits per heavy atom. The predicted molar refractivity (Wildman–Crippen MR) is 106 cm³/mol. The van der Waals surface area contributed by atoms with Crippen molar-refractivity contribution in [2.24, 2.45) is 0 Å². The summed E-state index contributed by atoms with van der Waals surface area (Å²) in [6, 6.07) is 12.6. The summed E-state index contributed by atoms with van der Waals surface area (Å²) < 4.78 is 0. The van der Waals surface area contributed by atoms with E-state index in [4.69, 9.17) is 0 Å². The van der Waals surface area contributed by atoms with Gasteiger partial charge in [0.15, 0.2) is 0 Å². The van der Waals surface area contributed by atoms with Crippen molar-refractivity contribution in [2.75, 3.05) is 44.7 Å². The van der Waals surface area contributed by atoms with E-state index in [0.29, 0.717) is 6.54 Å². The lowest BCUT2D eigenvalue weighted by molar-refractivity contribution is -0.121. The van der Waals surface area contributed by atoms with Crippen molar-refractivity contribution in [1.29, 1.82) is 0 Å². The number of carbonyl (C=O) groups excluding carboxylic acids is 1. The highest BCUT2D eigenvalue weighted by molar-refractivity contribution is 7.21. The summed E-state index contributed by atoms with van der Waals surface area (Å²) in [4.78, 5) is 27.3. The molecule has 1 aliphatic heterocycles. The van der Waals surface area contributed by atoms with Gasteiger partial charge in [-0.1, -0.05) is 30.3 Å². The number of likely N-dealkylation sites (N-methyl/N-ethyl adjacent to an activating group) is 1. The number of rotatable bonds is 4. The molecule has 1 N–H and O–H groups in total. The van der Waals surface area contributed by atoms with Crippen LogP contribution >= 0.6 is 11.3 Å². The zero-order valence-electron chi connectivity index (χ0n) is 14.7. The Morgan fingerprint density at radius 1 is 1.15 bits per heavy atom. The molecule has 26 heavy (non-hydrogen) atoms. The first-order chi connectivity index (χ1) is 12.7. The van der Waals surface area contributed by atoms with Crippen LogP contribution in [0.1, 0.15) is 0 Å². The van der Waals surface area contributed by atoms with Gasteiger partial charge < -0.3 is 10.2 Å². The minimum absolute atomic E-state index is 0.0632. The van der Waals surface area contributed by atoms with Crippen LogP contribution in [-0.4, -0.2) is 60.5 Å². The van der Waals surface area contributed by atoms with Gasteiger partial charge in [0.2, 0.25) is 5.91 Å². The summed E-state index contributed by atoms with van der Waals surface area (Å²) in [5.74, 6) is 1.06. The van der Waals surface area contributed by atoms with Gasteiger partial charge in [-0.15, -0.1) is 11.3 Å². The molecule has 0 atom stereocenters. The second-order valence-corrected chi connectivity index (χ2v) is 7.36. The summed E-state index contributed by atoms with van der Waals surface area (Å²) in [5, 5.41) is 3.79. The average molecular weight is 367 g/mol. The zero-order chi connectivity index (χ0) is 17.9. The van der Waals surface area contributed by atoms with Crippen molar-refractivity contribution in [1.82, 2.24) is 20.2 Å². The van der Waals surface area contributed by atoms with E-state index in [0.717, 1.165) is 42.2 Å². The van der Waals surface area contributed by atoms with Gasteiger partial charge >= 0.3 is 0 Å². The lowest BCUT2D eigenvalue weighted by Crippen LogP contribution is -2.49. The molecular weight excluding hydrogens is 346 g/mol. The highest BCUT2D eigenvalue weighted by Gasteiger charge is 2.22. The predicted octanol–water partition coefficient (Wildman–Crippen LogP) is 2.23. The van der Waals surface area contributed by atoms with Crippen LogP contribution in [0, 0.1) is 0 Å². The molecule has 0 aliphatic carbocycles. The molecule has 134 valence electrons. The van der Waals surface area contributed by atoms with Crippen molar-refractivity contribution in [2.45, 2.75) is 0 Å². The van der Waals surface area contributed by atoms with Crippen LogP contribution in [0.15, 0.2) is 42.7 Å². The van der Waals surface area contributed by atoms with Crippen molar-refractivity contribution in [3.8, 4) is 10.4 Å². The minimum atomic E-state index is 0.0632. The normalized spacial score (nSPS) is 15.3. The number of nitrogens with zero attached hydrogens (tertiary/aromatic N) is 4. The number of aromatic nitrogens is 2. The van der Waals surface area contributed by atoms with E-state index in [-0.39, 0.29) is 5.91 Å². The lowest BCUT2D eigenvalue weighted by Gasteiger charge is -2.35. The zero-order valence-corrected chi connectivity index (χ0v) is 15.5. The maximum absolute atomic E-state index is 11.6. The Labute approximate surface area is 156 Å². The van der Waals surface area contributed by atoms with Crippen LogP contribution < -0.4 is 10.2 Å². The van der Waals surface area contributed by atoms with Gasteiger partial charge in [-0.05, 0) is 11.6 Å². The molecule has 0 bridgehead atoms.